The fraction of sp³-hybridized carbons (Fsp3) is 0.615. The predicted molar refractivity (Wildman–Crippen MR) is 65.5 cm³/mol. The summed E-state index contributed by atoms with van der Waals surface area (Å²) in [5.41, 5.74) is 6.64. The lowest BCUT2D eigenvalue weighted by molar-refractivity contribution is 0.0696. The van der Waals surface area contributed by atoms with Gasteiger partial charge in [-0.3, -0.25) is 0 Å². The van der Waals surface area contributed by atoms with Crippen LogP contribution in [0.15, 0.2) is 18.3 Å². The van der Waals surface area contributed by atoms with E-state index in [4.69, 9.17) is 5.73 Å². The molecule has 2 aliphatic rings. The summed E-state index contributed by atoms with van der Waals surface area (Å²) in [6.07, 6.45) is 2.85. The Morgan fingerprint density at radius 1 is 1.44 bits per heavy atom. The first-order chi connectivity index (χ1) is 8.55. The van der Waals surface area contributed by atoms with E-state index >= 15 is 0 Å². The topological polar surface area (TPSA) is 42.2 Å². The summed E-state index contributed by atoms with van der Waals surface area (Å²) in [5, 5.41) is 0. The molecule has 1 aromatic heterocycles. The van der Waals surface area contributed by atoms with Crippen LogP contribution in [-0.2, 0) is 6.54 Å². The maximum absolute atomic E-state index is 13.2. The molecule has 0 aliphatic heterocycles. The SMILES string of the molecule is CN(c1ncccc1CN)C1CC2C(C1)C2(F)F. The van der Waals surface area contributed by atoms with Crippen LogP contribution in [0.2, 0.25) is 0 Å². The molecule has 0 aromatic carbocycles. The molecule has 18 heavy (non-hydrogen) atoms. The number of halogens is 2. The van der Waals surface area contributed by atoms with E-state index in [-0.39, 0.29) is 6.04 Å². The average molecular weight is 253 g/mol. The predicted octanol–water partition coefficient (Wildman–Crippen LogP) is 2.02. The third-order valence-electron chi connectivity index (χ3n) is 4.39. The number of anilines is 1. The van der Waals surface area contributed by atoms with E-state index in [1.54, 1.807) is 6.20 Å². The highest BCUT2D eigenvalue weighted by Crippen LogP contribution is 2.64. The minimum absolute atomic E-state index is 0.167. The van der Waals surface area contributed by atoms with E-state index in [1.807, 2.05) is 24.1 Å². The van der Waals surface area contributed by atoms with Gasteiger partial charge in [0.15, 0.2) is 0 Å². The molecule has 98 valence electrons. The van der Waals surface area contributed by atoms with E-state index < -0.39 is 17.8 Å². The number of pyridine rings is 1. The molecule has 2 aliphatic carbocycles. The minimum Gasteiger partial charge on any atom is -0.356 e. The van der Waals surface area contributed by atoms with Crippen LogP contribution in [0.3, 0.4) is 0 Å². The molecule has 1 aromatic rings. The zero-order valence-corrected chi connectivity index (χ0v) is 10.3. The molecule has 1 heterocycles. The summed E-state index contributed by atoms with van der Waals surface area (Å²) in [6, 6.07) is 3.95. The number of fused-ring (bicyclic) bond motifs is 1. The second kappa shape index (κ2) is 3.88. The molecule has 5 heteroatoms. The van der Waals surface area contributed by atoms with Crippen LogP contribution in [0.1, 0.15) is 18.4 Å². The van der Waals surface area contributed by atoms with Gasteiger partial charge in [-0.25, -0.2) is 13.8 Å². The smallest absolute Gasteiger partial charge is 0.254 e. The molecule has 2 saturated carbocycles. The van der Waals surface area contributed by atoms with Gasteiger partial charge in [0.05, 0.1) is 0 Å². The number of aromatic nitrogens is 1. The maximum atomic E-state index is 13.2. The molecule has 3 nitrogen and oxygen atoms in total. The van der Waals surface area contributed by atoms with Crippen molar-refractivity contribution in [1.82, 2.24) is 4.98 Å². The normalized spacial score (nSPS) is 32.1. The molecule has 0 radical (unpaired) electrons. The summed E-state index contributed by atoms with van der Waals surface area (Å²) in [5.74, 6) is -2.39. The first kappa shape index (κ1) is 11.8. The van der Waals surface area contributed by atoms with Crippen molar-refractivity contribution in [3.63, 3.8) is 0 Å². The fourth-order valence-electron chi connectivity index (χ4n) is 3.18. The van der Waals surface area contributed by atoms with Gasteiger partial charge >= 0.3 is 0 Å². The maximum Gasteiger partial charge on any atom is 0.254 e. The molecule has 3 rings (SSSR count). The monoisotopic (exact) mass is 253 g/mol. The van der Waals surface area contributed by atoms with Crippen LogP contribution < -0.4 is 10.6 Å². The molecular weight excluding hydrogens is 236 g/mol. The molecule has 2 unspecified atom stereocenters. The van der Waals surface area contributed by atoms with Gasteiger partial charge in [0.25, 0.3) is 5.92 Å². The van der Waals surface area contributed by atoms with Gasteiger partial charge in [0, 0.05) is 43.2 Å². The van der Waals surface area contributed by atoms with Crippen LogP contribution in [0.5, 0.6) is 0 Å². The summed E-state index contributed by atoms with van der Waals surface area (Å²) >= 11 is 0. The second-order valence-corrected chi connectivity index (χ2v) is 5.31. The zero-order valence-electron chi connectivity index (χ0n) is 10.3. The zero-order chi connectivity index (χ0) is 12.9. The summed E-state index contributed by atoms with van der Waals surface area (Å²) < 4.78 is 26.3. The van der Waals surface area contributed by atoms with Crippen LogP contribution in [0.25, 0.3) is 0 Å². The lowest BCUT2D eigenvalue weighted by Crippen LogP contribution is -2.33. The van der Waals surface area contributed by atoms with Crippen LogP contribution in [-0.4, -0.2) is 24.0 Å². The Balaban J connectivity index is 1.75. The van der Waals surface area contributed by atoms with Crippen molar-refractivity contribution < 1.29 is 8.78 Å². The average Bonchev–Trinajstić information content (AvgIpc) is 2.78. The third kappa shape index (κ3) is 1.61. The van der Waals surface area contributed by atoms with Gasteiger partial charge in [0.2, 0.25) is 0 Å². The Bertz CT molecular complexity index is 449. The number of nitrogens with two attached hydrogens (primary N) is 1. The van der Waals surface area contributed by atoms with Crippen molar-refractivity contribution in [3.8, 4) is 0 Å². The van der Waals surface area contributed by atoms with Gasteiger partial charge in [-0.05, 0) is 18.9 Å². The van der Waals surface area contributed by atoms with Crippen molar-refractivity contribution in [2.24, 2.45) is 17.6 Å². The highest BCUT2D eigenvalue weighted by atomic mass is 19.3. The highest BCUT2D eigenvalue weighted by Gasteiger charge is 2.71. The first-order valence-electron chi connectivity index (χ1n) is 6.30. The van der Waals surface area contributed by atoms with Gasteiger partial charge < -0.3 is 10.6 Å². The lowest BCUT2D eigenvalue weighted by Gasteiger charge is -2.29. The summed E-state index contributed by atoms with van der Waals surface area (Å²) in [7, 11) is 1.93. The number of rotatable bonds is 3. The van der Waals surface area contributed by atoms with Crippen molar-refractivity contribution >= 4 is 5.82 Å². The van der Waals surface area contributed by atoms with Crippen LogP contribution in [0, 0.1) is 11.8 Å². The summed E-state index contributed by atoms with van der Waals surface area (Å²) in [4.78, 5) is 6.35. The molecule has 2 N–H and O–H groups in total. The van der Waals surface area contributed by atoms with E-state index in [0.717, 1.165) is 11.4 Å². The second-order valence-electron chi connectivity index (χ2n) is 5.31. The minimum atomic E-state index is -2.40. The molecule has 0 bridgehead atoms. The third-order valence-corrected chi connectivity index (χ3v) is 4.39. The van der Waals surface area contributed by atoms with Crippen molar-refractivity contribution in [3.05, 3.63) is 23.9 Å². The Hall–Kier alpha value is -1.23. The molecule has 0 saturated heterocycles. The quantitative estimate of drug-likeness (QED) is 0.896. The van der Waals surface area contributed by atoms with Crippen LogP contribution >= 0.6 is 0 Å². The Morgan fingerprint density at radius 3 is 2.72 bits per heavy atom. The van der Waals surface area contributed by atoms with E-state index in [0.29, 0.717) is 19.4 Å². The van der Waals surface area contributed by atoms with Gasteiger partial charge in [-0.15, -0.1) is 0 Å². The van der Waals surface area contributed by atoms with Gasteiger partial charge in [-0.2, -0.15) is 0 Å². The number of hydrogen-bond acceptors (Lipinski definition) is 3. The van der Waals surface area contributed by atoms with Crippen molar-refractivity contribution in [2.75, 3.05) is 11.9 Å². The van der Waals surface area contributed by atoms with E-state index in [9.17, 15) is 8.78 Å². The largest absolute Gasteiger partial charge is 0.356 e. The van der Waals surface area contributed by atoms with Crippen molar-refractivity contribution in [1.29, 1.82) is 0 Å². The molecule has 2 atom stereocenters. The van der Waals surface area contributed by atoms with Crippen molar-refractivity contribution in [2.45, 2.75) is 31.4 Å². The summed E-state index contributed by atoms with van der Waals surface area (Å²) in [6.45, 7) is 0.420. The van der Waals surface area contributed by atoms with E-state index in [2.05, 4.69) is 4.98 Å². The Labute approximate surface area is 105 Å². The Kier molecular flexibility index (Phi) is 2.55. The van der Waals surface area contributed by atoms with Gasteiger partial charge in [-0.1, -0.05) is 6.07 Å². The number of alkyl halides is 2. The van der Waals surface area contributed by atoms with Crippen LogP contribution in [0.4, 0.5) is 14.6 Å². The highest BCUT2D eigenvalue weighted by molar-refractivity contribution is 5.47. The van der Waals surface area contributed by atoms with E-state index in [1.165, 1.54) is 0 Å². The standard InChI is InChI=1S/C13H17F2N3/c1-18(12-8(7-16)3-2-4-17-12)9-5-10-11(6-9)13(10,14)15/h2-4,9-11H,5-7,16H2,1H3. The molecule has 2 fully saturated rings. The number of hydrogen-bond donors (Lipinski definition) is 1. The Morgan fingerprint density at radius 2 is 2.11 bits per heavy atom. The first-order valence-corrected chi connectivity index (χ1v) is 6.30. The van der Waals surface area contributed by atoms with Gasteiger partial charge in [0.1, 0.15) is 5.82 Å². The fourth-order valence-corrected chi connectivity index (χ4v) is 3.18. The number of nitrogens with zero attached hydrogens (tertiary/aromatic N) is 2. The molecular formula is C13H17F2N3. The molecule has 0 spiro atoms. The molecule has 0 amide bonds. The lowest BCUT2D eigenvalue weighted by atomic mass is 10.1.